The Morgan fingerprint density at radius 1 is 1.36 bits per heavy atom. The molecule has 7 nitrogen and oxygen atoms in total. The molecular weight excluding hydrogens is 347 g/mol. The van der Waals surface area contributed by atoms with Gasteiger partial charge in [0.2, 0.25) is 0 Å². The Balaban J connectivity index is 2.19. The molecule has 1 aromatic carbocycles. The quantitative estimate of drug-likeness (QED) is 0.636. The van der Waals surface area contributed by atoms with E-state index in [1.807, 2.05) is 0 Å². The van der Waals surface area contributed by atoms with E-state index in [0.29, 0.717) is 18.7 Å². The number of ether oxygens (including phenoxy) is 1. The molecule has 3 rings (SSSR count). The lowest BCUT2D eigenvalue weighted by atomic mass is 10.1. The fraction of sp³-hybridized carbons (Fsp3) is 0.312. The van der Waals surface area contributed by atoms with Crippen molar-refractivity contribution in [2.45, 2.75) is 12.5 Å². The van der Waals surface area contributed by atoms with E-state index in [4.69, 9.17) is 23.4 Å². The second-order valence-electron chi connectivity index (χ2n) is 5.63. The maximum absolute atomic E-state index is 14.6. The van der Waals surface area contributed by atoms with Crippen molar-refractivity contribution in [3.05, 3.63) is 43.7 Å². The first kappa shape index (κ1) is 17.0. The number of fused-ring (bicyclic) bond motifs is 1. The normalized spacial score (nSPS) is 15.7. The number of hydrogen-bond donors (Lipinski definition) is 1. The third-order valence-electron chi connectivity index (χ3n) is 3.98. The summed E-state index contributed by atoms with van der Waals surface area (Å²) >= 11 is 5.02. The molecule has 25 heavy (non-hydrogen) atoms. The van der Waals surface area contributed by atoms with Crippen molar-refractivity contribution in [3.63, 3.8) is 0 Å². The summed E-state index contributed by atoms with van der Waals surface area (Å²) in [6.45, 7) is 0.439. The second-order valence-corrected chi connectivity index (χ2v) is 6.00. The van der Waals surface area contributed by atoms with Gasteiger partial charge in [-0.1, -0.05) is 0 Å². The van der Waals surface area contributed by atoms with Gasteiger partial charge in [-0.25, -0.2) is 18.5 Å². The van der Waals surface area contributed by atoms with Gasteiger partial charge >= 0.3 is 11.4 Å². The second kappa shape index (κ2) is 6.22. The predicted octanol–water partition coefficient (Wildman–Crippen LogP) is 0.939. The molecule has 1 unspecified atom stereocenters. The Morgan fingerprint density at radius 2 is 2.00 bits per heavy atom. The van der Waals surface area contributed by atoms with Crippen LogP contribution in [0.5, 0.6) is 5.75 Å². The Labute approximate surface area is 147 Å². The zero-order chi connectivity index (χ0) is 18.3. The summed E-state index contributed by atoms with van der Waals surface area (Å²) in [4.78, 5) is 24.9. The number of nitrogens with one attached hydrogen (secondary N) is 1. The van der Waals surface area contributed by atoms with Gasteiger partial charge in [-0.15, -0.1) is 12.3 Å². The minimum Gasteiger partial charge on any atom is -0.485 e. The number of halogens is 1. The summed E-state index contributed by atoms with van der Waals surface area (Å²) in [6, 6.07) is 2.50. The van der Waals surface area contributed by atoms with Crippen LogP contribution in [0.3, 0.4) is 0 Å². The summed E-state index contributed by atoms with van der Waals surface area (Å²) in [5.41, 5.74) is -1.16. The van der Waals surface area contributed by atoms with Crippen molar-refractivity contribution in [1.29, 1.82) is 0 Å². The van der Waals surface area contributed by atoms with Gasteiger partial charge in [-0.05, 0) is 18.3 Å². The number of nitrogens with zero attached hydrogens (tertiary/aromatic N) is 3. The van der Waals surface area contributed by atoms with E-state index in [9.17, 15) is 14.0 Å². The highest BCUT2D eigenvalue weighted by Gasteiger charge is 2.23. The number of hydrogen-bond acceptors (Lipinski definition) is 5. The molecule has 0 aliphatic carbocycles. The molecule has 0 bridgehead atoms. The van der Waals surface area contributed by atoms with Gasteiger partial charge in [-0.3, -0.25) is 9.13 Å². The van der Waals surface area contributed by atoms with Crippen LogP contribution in [0.25, 0.3) is 5.69 Å². The van der Waals surface area contributed by atoms with Crippen molar-refractivity contribution >= 4 is 17.9 Å². The van der Waals surface area contributed by atoms with E-state index in [1.54, 1.807) is 0 Å². The number of anilines is 1. The van der Waals surface area contributed by atoms with Crippen molar-refractivity contribution in [3.8, 4) is 23.8 Å². The molecule has 0 amide bonds. The number of terminal acetylenes is 1. The van der Waals surface area contributed by atoms with Gasteiger partial charge in [0.25, 0.3) is 0 Å². The lowest BCUT2D eigenvalue weighted by Gasteiger charge is -2.27. The van der Waals surface area contributed by atoms with E-state index in [-0.39, 0.29) is 22.3 Å². The molecule has 1 aromatic heterocycles. The van der Waals surface area contributed by atoms with Crippen molar-refractivity contribution in [2.24, 2.45) is 14.1 Å². The van der Waals surface area contributed by atoms with Crippen LogP contribution in [0.1, 0.15) is 6.42 Å². The van der Waals surface area contributed by atoms with Gasteiger partial charge < -0.3 is 10.1 Å². The maximum Gasteiger partial charge on any atom is 0.338 e. The lowest BCUT2D eigenvalue weighted by Crippen LogP contribution is -2.44. The minimum atomic E-state index is -0.766. The number of benzene rings is 1. The van der Waals surface area contributed by atoms with Crippen LogP contribution < -0.4 is 21.4 Å². The summed E-state index contributed by atoms with van der Waals surface area (Å²) in [5, 5.41) is 3.08. The highest BCUT2D eigenvalue weighted by molar-refractivity contribution is 7.71. The Hall–Kier alpha value is -2.86. The Bertz CT molecular complexity index is 1040. The van der Waals surface area contributed by atoms with Gasteiger partial charge in [0.1, 0.15) is 11.9 Å². The lowest BCUT2D eigenvalue weighted by molar-refractivity contribution is 0.211. The minimum absolute atomic E-state index is 0.0446. The Kier molecular flexibility index (Phi) is 4.22. The summed E-state index contributed by atoms with van der Waals surface area (Å²) < 4.78 is 23.2. The summed E-state index contributed by atoms with van der Waals surface area (Å²) in [7, 11) is 2.84. The zero-order valence-electron chi connectivity index (χ0n) is 13.6. The van der Waals surface area contributed by atoms with E-state index in [2.05, 4.69) is 11.2 Å². The molecular formula is C16H15FN4O3S. The third kappa shape index (κ3) is 2.74. The van der Waals surface area contributed by atoms with Crippen molar-refractivity contribution in [2.75, 3.05) is 11.9 Å². The molecule has 2 aromatic rings. The average Bonchev–Trinajstić information content (AvgIpc) is 2.59. The van der Waals surface area contributed by atoms with Crippen molar-refractivity contribution in [1.82, 2.24) is 13.7 Å². The Morgan fingerprint density at radius 3 is 2.60 bits per heavy atom. The first-order valence-corrected chi connectivity index (χ1v) is 7.83. The SMILES string of the molecule is C#CCC1CNc2cc(-n3c(=O)n(C)c(=S)n(C)c3=O)c(F)cc2O1. The number of rotatable bonds is 2. The fourth-order valence-corrected chi connectivity index (χ4v) is 2.77. The van der Waals surface area contributed by atoms with Crippen LogP contribution in [0.15, 0.2) is 21.7 Å². The van der Waals surface area contributed by atoms with Gasteiger partial charge in [0.05, 0.1) is 17.9 Å². The molecule has 1 aliphatic rings. The molecule has 1 N–H and O–H groups in total. The first-order valence-electron chi connectivity index (χ1n) is 7.42. The van der Waals surface area contributed by atoms with Gasteiger partial charge in [0.15, 0.2) is 10.6 Å². The molecule has 0 saturated heterocycles. The average molecular weight is 362 g/mol. The third-order valence-corrected chi connectivity index (χ3v) is 4.53. The smallest absolute Gasteiger partial charge is 0.338 e. The fourth-order valence-electron chi connectivity index (χ4n) is 2.62. The van der Waals surface area contributed by atoms with Gasteiger partial charge in [-0.2, -0.15) is 0 Å². The van der Waals surface area contributed by atoms with Crippen LogP contribution in [0, 0.1) is 22.9 Å². The standard InChI is InChI=1S/C16H15FN4O3S/c1-4-5-9-8-18-11-7-12(10(17)6-13(11)24-9)21-14(22)19(2)16(25)20(3)15(21)23/h1,6-7,9,18H,5,8H2,2-3H3. The maximum atomic E-state index is 14.6. The summed E-state index contributed by atoms with van der Waals surface area (Å²) in [6.07, 6.45) is 5.38. The monoisotopic (exact) mass is 362 g/mol. The molecule has 130 valence electrons. The van der Waals surface area contributed by atoms with E-state index >= 15 is 0 Å². The highest BCUT2D eigenvalue weighted by Crippen LogP contribution is 2.33. The first-order chi connectivity index (χ1) is 11.8. The molecule has 0 spiro atoms. The van der Waals surface area contributed by atoms with Crippen molar-refractivity contribution < 1.29 is 9.13 Å². The molecule has 1 atom stereocenters. The van der Waals surface area contributed by atoms with E-state index in [0.717, 1.165) is 19.8 Å². The molecule has 2 heterocycles. The van der Waals surface area contributed by atoms with Crippen LogP contribution >= 0.6 is 12.2 Å². The van der Waals surface area contributed by atoms with E-state index in [1.165, 1.54) is 20.2 Å². The largest absolute Gasteiger partial charge is 0.485 e. The predicted molar refractivity (Wildman–Crippen MR) is 93.4 cm³/mol. The molecule has 9 heteroatoms. The highest BCUT2D eigenvalue weighted by atomic mass is 32.1. The molecule has 0 saturated carbocycles. The van der Waals surface area contributed by atoms with Crippen LogP contribution in [0.2, 0.25) is 0 Å². The molecule has 1 aliphatic heterocycles. The molecule has 0 radical (unpaired) electrons. The van der Waals surface area contributed by atoms with Gasteiger partial charge in [0, 0.05) is 26.6 Å². The van der Waals surface area contributed by atoms with Crippen LogP contribution in [-0.2, 0) is 14.1 Å². The van der Waals surface area contributed by atoms with Crippen LogP contribution in [-0.4, -0.2) is 26.4 Å². The summed E-state index contributed by atoms with van der Waals surface area (Å²) in [5.74, 6) is 2.01. The zero-order valence-corrected chi connectivity index (χ0v) is 14.4. The van der Waals surface area contributed by atoms with Crippen LogP contribution in [0.4, 0.5) is 10.1 Å². The van der Waals surface area contributed by atoms with E-state index < -0.39 is 17.2 Å². The molecule has 0 fully saturated rings. The topological polar surface area (TPSA) is 70.2 Å². The number of aromatic nitrogens is 3.